The molecule has 0 aliphatic carbocycles. The first-order valence-corrected chi connectivity index (χ1v) is 6.64. The number of ether oxygens (including phenoxy) is 2. The van der Waals surface area contributed by atoms with Crippen LogP contribution in [0.15, 0.2) is 12.1 Å². The van der Waals surface area contributed by atoms with Crippen molar-refractivity contribution in [3.8, 4) is 5.88 Å². The molecule has 0 atom stereocenters. The Bertz CT molecular complexity index is 441. The largest absolute Gasteiger partial charge is 0.478 e. The van der Waals surface area contributed by atoms with Crippen LogP contribution in [0.4, 0.5) is 0 Å². The average molecular weight is 265 g/mol. The van der Waals surface area contributed by atoms with Crippen LogP contribution in [0.3, 0.4) is 0 Å². The fourth-order valence-electron chi connectivity index (χ4n) is 2.06. The summed E-state index contributed by atoms with van der Waals surface area (Å²) in [7, 11) is 0. The number of carboxylic acid groups (broad SMARTS) is 1. The second-order valence-electron chi connectivity index (χ2n) is 4.71. The number of aromatic nitrogens is 1. The number of hydrogen-bond acceptors (Lipinski definition) is 4. The maximum absolute atomic E-state index is 11.0. The predicted molar refractivity (Wildman–Crippen MR) is 69.6 cm³/mol. The SMILES string of the molecule is CCc1cc(C(=O)O)cc(OCC2CCOCC2)n1. The first kappa shape index (κ1) is 13.8. The molecule has 5 heteroatoms. The molecule has 2 heterocycles. The van der Waals surface area contributed by atoms with Crippen LogP contribution in [-0.4, -0.2) is 35.9 Å². The number of aryl methyl sites for hydroxylation is 1. The minimum Gasteiger partial charge on any atom is -0.478 e. The van der Waals surface area contributed by atoms with Gasteiger partial charge in [0, 0.05) is 25.0 Å². The molecule has 1 aliphatic rings. The zero-order valence-electron chi connectivity index (χ0n) is 11.1. The minimum atomic E-state index is -0.951. The van der Waals surface area contributed by atoms with E-state index in [2.05, 4.69) is 4.98 Å². The van der Waals surface area contributed by atoms with Gasteiger partial charge in [-0.15, -0.1) is 0 Å². The highest BCUT2D eigenvalue weighted by molar-refractivity contribution is 5.88. The Morgan fingerprint density at radius 3 is 2.84 bits per heavy atom. The van der Waals surface area contributed by atoms with Crippen molar-refractivity contribution in [3.63, 3.8) is 0 Å². The molecule has 1 aliphatic heterocycles. The Labute approximate surface area is 112 Å². The van der Waals surface area contributed by atoms with E-state index in [1.54, 1.807) is 6.07 Å². The molecule has 0 radical (unpaired) electrons. The van der Waals surface area contributed by atoms with Crippen LogP contribution in [0.1, 0.15) is 35.8 Å². The highest BCUT2D eigenvalue weighted by Gasteiger charge is 2.15. The molecule has 1 fully saturated rings. The van der Waals surface area contributed by atoms with Crippen LogP contribution in [0.2, 0.25) is 0 Å². The highest BCUT2D eigenvalue weighted by Crippen LogP contribution is 2.18. The van der Waals surface area contributed by atoms with Crippen LogP contribution < -0.4 is 4.74 Å². The molecular weight excluding hydrogens is 246 g/mol. The lowest BCUT2D eigenvalue weighted by Crippen LogP contribution is -2.21. The summed E-state index contributed by atoms with van der Waals surface area (Å²) in [5, 5.41) is 9.05. The van der Waals surface area contributed by atoms with Crippen molar-refractivity contribution in [3.05, 3.63) is 23.4 Å². The molecule has 0 amide bonds. The molecule has 1 N–H and O–H groups in total. The van der Waals surface area contributed by atoms with Gasteiger partial charge in [-0.1, -0.05) is 6.92 Å². The second-order valence-corrected chi connectivity index (χ2v) is 4.71. The van der Waals surface area contributed by atoms with E-state index in [4.69, 9.17) is 14.6 Å². The van der Waals surface area contributed by atoms with E-state index in [9.17, 15) is 4.79 Å². The summed E-state index contributed by atoms with van der Waals surface area (Å²) < 4.78 is 10.9. The molecule has 0 aromatic carbocycles. The molecule has 1 aromatic rings. The summed E-state index contributed by atoms with van der Waals surface area (Å²) in [6, 6.07) is 3.07. The first-order chi connectivity index (χ1) is 9.19. The van der Waals surface area contributed by atoms with Gasteiger partial charge in [-0.25, -0.2) is 9.78 Å². The van der Waals surface area contributed by atoms with Crippen LogP contribution >= 0.6 is 0 Å². The monoisotopic (exact) mass is 265 g/mol. The summed E-state index contributed by atoms with van der Waals surface area (Å²) in [5.41, 5.74) is 0.968. The van der Waals surface area contributed by atoms with Gasteiger partial charge in [0.05, 0.1) is 12.2 Å². The van der Waals surface area contributed by atoms with E-state index in [-0.39, 0.29) is 5.56 Å². The van der Waals surface area contributed by atoms with Crippen LogP contribution in [0.25, 0.3) is 0 Å². The summed E-state index contributed by atoms with van der Waals surface area (Å²) in [4.78, 5) is 15.3. The Morgan fingerprint density at radius 2 is 2.21 bits per heavy atom. The highest BCUT2D eigenvalue weighted by atomic mass is 16.5. The number of carboxylic acids is 1. The lowest BCUT2D eigenvalue weighted by molar-refractivity contribution is 0.0489. The zero-order chi connectivity index (χ0) is 13.7. The minimum absolute atomic E-state index is 0.230. The van der Waals surface area contributed by atoms with Gasteiger partial charge >= 0.3 is 5.97 Å². The maximum Gasteiger partial charge on any atom is 0.335 e. The Kier molecular flexibility index (Phi) is 4.74. The number of aromatic carboxylic acids is 1. The molecule has 2 rings (SSSR count). The normalized spacial score (nSPS) is 16.3. The number of nitrogens with zero attached hydrogens (tertiary/aromatic N) is 1. The average Bonchev–Trinajstić information content (AvgIpc) is 2.45. The molecule has 1 saturated heterocycles. The molecule has 19 heavy (non-hydrogen) atoms. The Balaban J connectivity index is 2.02. The van der Waals surface area contributed by atoms with E-state index in [1.807, 2.05) is 6.92 Å². The lowest BCUT2D eigenvalue weighted by Gasteiger charge is -2.21. The summed E-state index contributed by atoms with van der Waals surface area (Å²) >= 11 is 0. The number of pyridine rings is 1. The molecule has 0 spiro atoms. The molecule has 0 saturated carbocycles. The van der Waals surface area contributed by atoms with E-state index >= 15 is 0 Å². The van der Waals surface area contributed by atoms with Crippen molar-refractivity contribution >= 4 is 5.97 Å². The number of carbonyl (C=O) groups is 1. The van der Waals surface area contributed by atoms with Crippen molar-refractivity contribution in [2.45, 2.75) is 26.2 Å². The van der Waals surface area contributed by atoms with Gasteiger partial charge in [-0.2, -0.15) is 0 Å². The molecule has 0 bridgehead atoms. The fourth-order valence-corrected chi connectivity index (χ4v) is 2.06. The first-order valence-electron chi connectivity index (χ1n) is 6.64. The Hall–Kier alpha value is -1.62. The molecule has 0 unspecified atom stereocenters. The molecule has 1 aromatic heterocycles. The second kappa shape index (κ2) is 6.52. The van der Waals surface area contributed by atoms with Gasteiger partial charge in [0.15, 0.2) is 0 Å². The summed E-state index contributed by atoms with van der Waals surface area (Å²) in [6.45, 7) is 4.06. The van der Waals surface area contributed by atoms with Gasteiger partial charge in [0.1, 0.15) is 0 Å². The maximum atomic E-state index is 11.0. The van der Waals surface area contributed by atoms with Crippen molar-refractivity contribution in [1.82, 2.24) is 4.98 Å². The van der Waals surface area contributed by atoms with Crippen LogP contribution in [-0.2, 0) is 11.2 Å². The molecule has 5 nitrogen and oxygen atoms in total. The summed E-state index contributed by atoms with van der Waals surface area (Å²) in [5.74, 6) is -0.0784. The van der Waals surface area contributed by atoms with Gasteiger partial charge < -0.3 is 14.6 Å². The molecule has 104 valence electrons. The van der Waals surface area contributed by atoms with Gasteiger partial charge in [0.2, 0.25) is 5.88 Å². The number of rotatable bonds is 5. The van der Waals surface area contributed by atoms with Crippen molar-refractivity contribution in [1.29, 1.82) is 0 Å². The third-order valence-electron chi connectivity index (χ3n) is 3.27. The van der Waals surface area contributed by atoms with Gasteiger partial charge in [0.25, 0.3) is 0 Å². The summed E-state index contributed by atoms with van der Waals surface area (Å²) in [6.07, 6.45) is 2.66. The van der Waals surface area contributed by atoms with Crippen LogP contribution in [0.5, 0.6) is 5.88 Å². The van der Waals surface area contributed by atoms with E-state index in [0.717, 1.165) is 31.7 Å². The third-order valence-corrected chi connectivity index (χ3v) is 3.27. The van der Waals surface area contributed by atoms with Gasteiger partial charge in [-0.05, 0) is 31.2 Å². The van der Waals surface area contributed by atoms with Gasteiger partial charge in [-0.3, -0.25) is 0 Å². The van der Waals surface area contributed by atoms with Crippen molar-refractivity contribution in [2.75, 3.05) is 19.8 Å². The lowest BCUT2D eigenvalue weighted by atomic mass is 10.0. The number of hydrogen-bond donors (Lipinski definition) is 1. The van der Waals surface area contributed by atoms with Crippen molar-refractivity contribution < 1.29 is 19.4 Å². The van der Waals surface area contributed by atoms with Crippen LogP contribution in [0, 0.1) is 5.92 Å². The third kappa shape index (κ3) is 3.92. The predicted octanol–water partition coefficient (Wildman–Crippen LogP) is 2.15. The van der Waals surface area contributed by atoms with E-state index in [1.165, 1.54) is 6.07 Å². The smallest absolute Gasteiger partial charge is 0.335 e. The standard InChI is InChI=1S/C14H19NO4/c1-2-12-7-11(14(16)17)8-13(15-12)19-9-10-3-5-18-6-4-10/h7-8,10H,2-6,9H2,1H3,(H,16,17). The van der Waals surface area contributed by atoms with E-state index < -0.39 is 5.97 Å². The molecular formula is C14H19NO4. The van der Waals surface area contributed by atoms with E-state index in [0.29, 0.717) is 24.8 Å². The fraction of sp³-hybridized carbons (Fsp3) is 0.571. The Morgan fingerprint density at radius 1 is 1.47 bits per heavy atom. The quantitative estimate of drug-likeness (QED) is 0.883. The topological polar surface area (TPSA) is 68.7 Å². The zero-order valence-corrected chi connectivity index (χ0v) is 11.1. The van der Waals surface area contributed by atoms with Crippen molar-refractivity contribution in [2.24, 2.45) is 5.92 Å².